The minimum atomic E-state index is 0.808. The Morgan fingerprint density at radius 1 is 0.783 bits per heavy atom. The maximum atomic E-state index is 4.78. The molecule has 0 aliphatic heterocycles. The van der Waals surface area contributed by atoms with Gasteiger partial charge in [-0.1, -0.05) is 54.6 Å². The largest absolute Gasteiger partial charge is 0.380 e. The summed E-state index contributed by atoms with van der Waals surface area (Å²) in [6, 6.07) is 27.1. The number of thiazole rings is 1. The predicted octanol–water partition coefficient (Wildman–Crippen LogP) is 5.58. The van der Waals surface area contributed by atoms with E-state index in [0.717, 1.165) is 28.3 Å². The molecule has 112 valence electrons. The first-order chi connectivity index (χ1) is 11.4. The molecule has 0 unspecified atom stereocenters. The number of para-hydroxylation sites is 2. The van der Waals surface area contributed by atoms with Crippen molar-refractivity contribution in [2.45, 2.75) is 6.54 Å². The maximum absolute atomic E-state index is 4.78. The zero-order valence-corrected chi connectivity index (χ0v) is 13.4. The van der Waals surface area contributed by atoms with Gasteiger partial charge in [-0.05, 0) is 29.8 Å². The molecule has 23 heavy (non-hydrogen) atoms. The molecule has 0 bridgehead atoms. The Morgan fingerprint density at radius 3 is 2.39 bits per heavy atom. The molecule has 0 fully saturated rings. The lowest BCUT2D eigenvalue weighted by molar-refractivity contribution is 1.15. The molecule has 1 heterocycles. The highest BCUT2D eigenvalue weighted by Gasteiger charge is 2.09. The average Bonchev–Trinajstić information content (AvgIpc) is 3.05. The molecule has 4 aromatic rings. The molecule has 4 rings (SSSR count). The normalized spacial score (nSPS) is 10.8. The lowest BCUT2D eigenvalue weighted by Gasteiger charge is -2.10. The topological polar surface area (TPSA) is 24.9 Å². The smallest absolute Gasteiger partial charge is 0.126 e. The summed E-state index contributed by atoms with van der Waals surface area (Å²) >= 11 is 1.74. The summed E-state index contributed by atoms with van der Waals surface area (Å²) in [7, 11) is 0. The van der Waals surface area contributed by atoms with Crippen molar-refractivity contribution < 1.29 is 0 Å². The van der Waals surface area contributed by atoms with Crippen molar-refractivity contribution in [1.82, 2.24) is 4.98 Å². The summed E-state index contributed by atoms with van der Waals surface area (Å²) in [6.07, 6.45) is 0. The third-order valence-corrected chi connectivity index (χ3v) is 4.85. The summed E-state index contributed by atoms with van der Waals surface area (Å²) < 4.78 is 1.22. The van der Waals surface area contributed by atoms with Gasteiger partial charge in [-0.2, -0.15) is 0 Å². The highest BCUT2D eigenvalue weighted by atomic mass is 32.1. The quantitative estimate of drug-likeness (QED) is 0.532. The molecule has 0 aliphatic rings. The maximum Gasteiger partial charge on any atom is 0.126 e. The van der Waals surface area contributed by atoms with Crippen molar-refractivity contribution >= 4 is 27.2 Å². The Labute approximate surface area is 139 Å². The number of aromatic nitrogens is 1. The molecular formula is C20H16N2S. The van der Waals surface area contributed by atoms with Crippen LogP contribution in [-0.4, -0.2) is 4.98 Å². The van der Waals surface area contributed by atoms with Crippen molar-refractivity contribution in [2.24, 2.45) is 0 Å². The fourth-order valence-electron chi connectivity index (χ4n) is 2.60. The number of hydrogen-bond donors (Lipinski definition) is 1. The molecule has 0 aliphatic carbocycles. The first-order valence-corrected chi connectivity index (χ1v) is 8.44. The first kappa shape index (κ1) is 14.0. The highest BCUT2D eigenvalue weighted by Crippen LogP contribution is 2.34. The van der Waals surface area contributed by atoms with Gasteiger partial charge in [-0.15, -0.1) is 11.3 Å². The Hall–Kier alpha value is -2.65. The average molecular weight is 316 g/mol. The summed E-state index contributed by atoms with van der Waals surface area (Å²) in [4.78, 5) is 4.78. The monoisotopic (exact) mass is 316 g/mol. The Morgan fingerprint density at radius 2 is 1.52 bits per heavy atom. The Balaban J connectivity index is 1.66. The van der Waals surface area contributed by atoms with E-state index in [1.165, 1.54) is 10.3 Å². The summed E-state index contributed by atoms with van der Waals surface area (Å²) in [5, 5.41) is 4.60. The van der Waals surface area contributed by atoms with Gasteiger partial charge in [0.05, 0.1) is 10.2 Å². The molecule has 3 aromatic carbocycles. The number of fused-ring (bicyclic) bond motifs is 1. The van der Waals surface area contributed by atoms with Crippen LogP contribution in [0.2, 0.25) is 0 Å². The van der Waals surface area contributed by atoms with E-state index in [9.17, 15) is 0 Å². The minimum Gasteiger partial charge on any atom is -0.380 e. The van der Waals surface area contributed by atoms with E-state index >= 15 is 0 Å². The predicted molar refractivity (Wildman–Crippen MR) is 98.8 cm³/mol. The van der Waals surface area contributed by atoms with Gasteiger partial charge in [0.2, 0.25) is 0 Å². The lowest BCUT2D eigenvalue weighted by Crippen LogP contribution is -2.00. The molecule has 0 saturated heterocycles. The molecule has 3 heteroatoms. The van der Waals surface area contributed by atoms with E-state index in [1.807, 2.05) is 12.1 Å². The van der Waals surface area contributed by atoms with Gasteiger partial charge in [0.1, 0.15) is 5.01 Å². The van der Waals surface area contributed by atoms with E-state index in [2.05, 4.69) is 72.0 Å². The van der Waals surface area contributed by atoms with Crippen LogP contribution in [0, 0.1) is 0 Å². The van der Waals surface area contributed by atoms with Gasteiger partial charge in [-0.25, -0.2) is 4.98 Å². The molecule has 0 spiro atoms. The van der Waals surface area contributed by atoms with Gasteiger partial charge >= 0.3 is 0 Å². The van der Waals surface area contributed by atoms with E-state index in [4.69, 9.17) is 4.98 Å². The second kappa shape index (κ2) is 6.23. The van der Waals surface area contributed by atoms with Gasteiger partial charge in [0.15, 0.2) is 0 Å². The molecule has 0 atom stereocenters. The Bertz CT molecular complexity index is 895. The second-order valence-corrected chi connectivity index (χ2v) is 6.40. The molecule has 0 amide bonds. The standard InChI is InChI=1S/C20H16N2S/c1-2-8-15(9-3-1)14-21-17-11-5-4-10-16(17)20-22-18-12-6-7-13-19(18)23-20/h1-13,21H,14H2. The molecule has 0 radical (unpaired) electrons. The number of nitrogens with zero attached hydrogens (tertiary/aromatic N) is 1. The number of hydrogen-bond acceptors (Lipinski definition) is 3. The third-order valence-electron chi connectivity index (χ3n) is 3.78. The highest BCUT2D eigenvalue weighted by molar-refractivity contribution is 7.21. The molecule has 2 nitrogen and oxygen atoms in total. The summed E-state index contributed by atoms with van der Waals surface area (Å²) in [5.41, 5.74) is 4.61. The summed E-state index contributed by atoms with van der Waals surface area (Å²) in [6.45, 7) is 0.808. The van der Waals surface area contributed by atoms with E-state index < -0.39 is 0 Å². The summed E-state index contributed by atoms with van der Waals surface area (Å²) in [5.74, 6) is 0. The van der Waals surface area contributed by atoms with Crippen molar-refractivity contribution in [3.63, 3.8) is 0 Å². The van der Waals surface area contributed by atoms with Crippen LogP contribution in [0.4, 0.5) is 5.69 Å². The first-order valence-electron chi connectivity index (χ1n) is 7.63. The van der Waals surface area contributed by atoms with Crippen LogP contribution in [0.5, 0.6) is 0 Å². The van der Waals surface area contributed by atoms with Gasteiger partial charge in [0, 0.05) is 17.8 Å². The minimum absolute atomic E-state index is 0.808. The second-order valence-electron chi connectivity index (χ2n) is 5.37. The van der Waals surface area contributed by atoms with Crippen LogP contribution < -0.4 is 5.32 Å². The van der Waals surface area contributed by atoms with Crippen LogP contribution >= 0.6 is 11.3 Å². The van der Waals surface area contributed by atoms with Crippen molar-refractivity contribution in [3.8, 4) is 10.6 Å². The van der Waals surface area contributed by atoms with Crippen molar-refractivity contribution in [2.75, 3.05) is 5.32 Å². The van der Waals surface area contributed by atoms with Crippen LogP contribution in [-0.2, 0) is 6.54 Å². The van der Waals surface area contributed by atoms with Gasteiger partial charge in [-0.3, -0.25) is 0 Å². The number of benzene rings is 3. The van der Waals surface area contributed by atoms with Gasteiger partial charge in [0.25, 0.3) is 0 Å². The Kier molecular flexibility index (Phi) is 3.78. The fourth-order valence-corrected chi connectivity index (χ4v) is 3.61. The zero-order valence-electron chi connectivity index (χ0n) is 12.6. The number of rotatable bonds is 4. The molecule has 0 saturated carbocycles. The lowest BCUT2D eigenvalue weighted by atomic mass is 10.1. The van der Waals surface area contributed by atoms with Crippen LogP contribution in [0.25, 0.3) is 20.8 Å². The number of nitrogens with one attached hydrogen (secondary N) is 1. The van der Waals surface area contributed by atoms with Crippen LogP contribution in [0.1, 0.15) is 5.56 Å². The van der Waals surface area contributed by atoms with Crippen LogP contribution in [0.3, 0.4) is 0 Å². The van der Waals surface area contributed by atoms with E-state index in [-0.39, 0.29) is 0 Å². The number of anilines is 1. The van der Waals surface area contributed by atoms with Crippen molar-refractivity contribution in [1.29, 1.82) is 0 Å². The van der Waals surface area contributed by atoms with E-state index in [0.29, 0.717) is 0 Å². The SMILES string of the molecule is c1ccc(CNc2ccccc2-c2nc3ccccc3s2)cc1. The fraction of sp³-hybridized carbons (Fsp3) is 0.0500. The molecule has 1 N–H and O–H groups in total. The molecule has 1 aromatic heterocycles. The zero-order chi connectivity index (χ0) is 15.5. The van der Waals surface area contributed by atoms with Crippen LogP contribution in [0.15, 0.2) is 78.9 Å². The molecular weight excluding hydrogens is 300 g/mol. The van der Waals surface area contributed by atoms with E-state index in [1.54, 1.807) is 11.3 Å². The van der Waals surface area contributed by atoms with Crippen molar-refractivity contribution in [3.05, 3.63) is 84.4 Å². The third kappa shape index (κ3) is 2.96. The van der Waals surface area contributed by atoms with Gasteiger partial charge < -0.3 is 5.32 Å².